The summed E-state index contributed by atoms with van der Waals surface area (Å²) in [5.41, 5.74) is 0.119. The van der Waals surface area contributed by atoms with Crippen LogP contribution in [-0.2, 0) is 4.74 Å². The van der Waals surface area contributed by atoms with Crippen molar-refractivity contribution in [3.8, 4) is 0 Å². The molecule has 1 unspecified atom stereocenters. The standard InChI is InChI=1S/C13H16Cl2N2O4/c1-7(6-21-3)17(2)13(20)16-11-9(14)4-8(12(18)19)5-10(11)15/h4-5,7H,6H2,1-3H3,(H,16,20)(H,18,19). The van der Waals surface area contributed by atoms with E-state index in [1.807, 2.05) is 6.92 Å². The lowest BCUT2D eigenvalue weighted by Crippen LogP contribution is -2.40. The number of amides is 2. The van der Waals surface area contributed by atoms with Gasteiger partial charge in [0.25, 0.3) is 0 Å². The van der Waals surface area contributed by atoms with Crippen molar-refractivity contribution in [2.75, 3.05) is 26.1 Å². The third-order valence-electron chi connectivity index (χ3n) is 2.91. The van der Waals surface area contributed by atoms with E-state index in [0.717, 1.165) is 0 Å². The van der Waals surface area contributed by atoms with Gasteiger partial charge < -0.3 is 20.1 Å². The van der Waals surface area contributed by atoms with Crippen LogP contribution < -0.4 is 5.32 Å². The zero-order valence-corrected chi connectivity index (χ0v) is 13.3. The predicted octanol–water partition coefficient (Wildman–Crippen LogP) is 3.19. The molecule has 8 heteroatoms. The Morgan fingerprint density at radius 2 is 1.90 bits per heavy atom. The third-order valence-corrected chi connectivity index (χ3v) is 3.51. The van der Waals surface area contributed by atoms with Crippen LogP contribution in [0.15, 0.2) is 12.1 Å². The lowest BCUT2D eigenvalue weighted by molar-refractivity contribution is 0.0697. The topological polar surface area (TPSA) is 78.9 Å². The first kappa shape index (κ1) is 17.6. The minimum Gasteiger partial charge on any atom is -0.478 e. The molecule has 1 aromatic rings. The van der Waals surface area contributed by atoms with E-state index < -0.39 is 12.0 Å². The van der Waals surface area contributed by atoms with Gasteiger partial charge in [0.05, 0.1) is 33.9 Å². The van der Waals surface area contributed by atoms with Crippen LogP contribution in [0.5, 0.6) is 0 Å². The number of carbonyl (C=O) groups excluding carboxylic acids is 1. The summed E-state index contributed by atoms with van der Waals surface area (Å²) in [7, 11) is 3.15. The van der Waals surface area contributed by atoms with E-state index in [4.69, 9.17) is 33.0 Å². The summed E-state index contributed by atoms with van der Waals surface area (Å²) in [4.78, 5) is 24.4. The summed E-state index contributed by atoms with van der Waals surface area (Å²) in [6.07, 6.45) is 0. The average Bonchev–Trinajstić information content (AvgIpc) is 2.41. The lowest BCUT2D eigenvalue weighted by atomic mass is 10.2. The van der Waals surface area contributed by atoms with Gasteiger partial charge in [-0.15, -0.1) is 0 Å². The van der Waals surface area contributed by atoms with E-state index in [-0.39, 0.29) is 27.3 Å². The fraction of sp³-hybridized carbons (Fsp3) is 0.385. The Kier molecular flexibility index (Phi) is 6.26. The zero-order chi connectivity index (χ0) is 16.2. The molecule has 2 N–H and O–H groups in total. The van der Waals surface area contributed by atoms with Crippen LogP contribution in [0.4, 0.5) is 10.5 Å². The molecule has 116 valence electrons. The van der Waals surface area contributed by atoms with E-state index in [1.165, 1.54) is 17.0 Å². The highest BCUT2D eigenvalue weighted by Gasteiger charge is 2.19. The Balaban J connectivity index is 2.93. The molecule has 1 rings (SSSR count). The zero-order valence-electron chi connectivity index (χ0n) is 11.8. The van der Waals surface area contributed by atoms with Crippen molar-refractivity contribution in [1.82, 2.24) is 4.90 Å². The number of ether oxygens (including phenoxy) is 1. The molecule has 0 radical (unpaired) electrons. The molecule has 2 amide bonds. The highest BCUT2D eigenvalue weighted by Crippen LogP contribution is 2.32. The number of benzene rings is 1. The predicted molar refractivity (Wildman–Crippen MR) is 81.5 cm³/mol. The Labute approximate surface area is 132 Å². The van der Waals surface area contributed by atoms with Crippen molar-refractivity contribution in [1.29, 1.82) is 0 Å². The van der Waals surface area contributed by atoms with Crippen LogP contribution in [0.1, 0.15) is 17.3 Å². The highest BCUT2D eigenvalue weighted by molar-refractivity contribution is 6.40. The Hall–Kier alpha value is -1.50. The summed E-state index contributed by atoms with van der Waals surface area (Å²) in [6, 6.07) is 1.88. The van der Waals surface area contributed by atoms with Crippen LogP contribution in [0.2, 0.25) is 10.0 Å². The number of urea groups is 1. The molecule has 6 nitrogen and oxygen atoms in total. The number of methoxy groups -OCH3 is 1. The monoisotopic (exact) mass is 334 g/mol. The maximum atomic E-state index is 12.1. The largest absolute Gasteiger partial charge is 0.478 e. The number of carbonyl (C=O) groups is 2. The number of carboxylic acid groups (broad SMARTS) is 1. The van der Waals surface area contributed by atoms with Gasteiger partial charge in [-0.1, -0.05) is 23.2 Å². The summed E-state index contributed by atoms with van der Waals surface area (Å²) in [6.45, 7) is 2.20. The molecule has 0 heterocycles. The molecule has 0 saturated carbocycles. The van der Waals surface area contributed by atoms with Gasteiger partial charge in [0.2, 0.25) is 0 Å². The SMILES string of the molecule is COCC(C)N(C)C(=O)Nc1c(Cl)cc(C(=O)O)cc1Cl. The molecule has 0 saturated heterocycles. The number of likely N-dealkylation sites (N-methyl/N-ethyl adjacent to an activating group) is 1. The first-order valence-corrected chi connectivity index (χ1v) is 6.78. The van der Waals surface area contributed by atoms with Crippen LogP contribution in [0.3, 0.4) is 0 Å². The van der Waals surface area contributed by atoms with E-state index in [9.17, 15) is 9.59 Å². The van der Waals surface area contributed by atoms with E-state index in [2.05, 4.69) is 5.32 Å². The van der Waals surface area contributed by atoms with Gasteiger partial charge in [-0.25, -0.2) is 9.59 Å². The van der Waals surface area contributed by atoms with E-state index in [1.54, 1.807) is 14.2 Å². The van der Waals surface area contributed by atoms with Crippen molar-refractivity contribution >= 4 is 40.9 Å². The van der Waals surface area contributed by atoms with Gasteiger partial charge in [-0.05, 0) is 19.1 Å². The number of hydrogen-bond acceptors (Lipinski definition) is 3. The molecule has 21 heavy (non-hydrogen) atoms. The minimum atomic E-state index is -1.15. The van der Waals surface area contributed by atoms with Crippen molar-refractivity contribution in [2.24, 2.45) is 0 Å². The second kappa shape index (κ2) is 7.49. The van der Waals surface area contributed by atoms with E-state index >= 15 is 0 Å². The molecule has 0 aliphatic rings. The summed E-state index contributed by atoms with van der Waals surface area (Å²) in [5.74, 6) is -1.15. The smallest absolute Gasteiger partial charge is 0.335 e. The average molecular weight is 335 g/mol. The third kappa shape index (κ3) is 4.49. The highest BCUT2D eigenvalue weighted by atomic mass is 35.5. The van der Waals surface area contributed by atoms with Crippen LogP contribution in [0, 0.1) is 0 Å². The summed E-state index contributed by atoms with van der Waals surface area (Å²) in [5, 5.41) is 11.6. The first-order valence-electron chi connectivity index (χ1n) is 6.03. The molecule has 1 aromatic carbocycles. The Bertz CT molecular complexity index is 528. The van der Waals surface area contributed by atoms with Gasteiger partial charge in [0.1, 0.15) is 0 Å². The number of nitrogens with one attached hydrogen (secondary N) is 1. The molecule has 0 aromatic heterocycles. The molecule has 0 aliphatic carbocycles. The number of carboxylic acids is 1. The van der Waals surface area contributed by atoms with Gasteiger partial charge >= 0.3 is 12.0 Å². The summed E-state index contributed by atoms with van der Waals surface area (Å²) < 4.78 is 4.98. The van der Waals surface area contributed by atoms with E-state index in [0.29, 0.717) is 6.61 Å². The molecule has 1 atom stereocenters. The second-order valence-corrected chi connectivity index (χ2v) is 5.28. The van der Waals surface area contributed by atoms with Gasteiger partial charge in [-0.3, -0.25) is 0 Å². The van der Waals surface area contributed by atoms with Crippen molar-refractivity contribution < 1.29 is 19.4 Å². The second-order valence-electron chi connectivity index (χ2n) is 4.47. The van der Waals surface area contributed by atoms with Crippen LogP contribution >= 0.6 is 23.2 Å². The molecular weight excluding hydrogens is 319 g/mol. The number of rotatable bonds is 5. The van der Waals surface area contributed by atoms with Crippen LogP contribution in [-0.4, -0.2) is 48.8 Å². The van der Waals surface area contributed by atoms with Crippen molar-refractivity contribution in [3.63, 3.8) is 0 Å². The molecule has 0 fully saturated rings. The normalized spacial score (nSPS) is 11.9. The number of halogens is 2. The quantitative estimate of drug-likeness (QED) is 0.866. The Morgan fingerprint density at radius 3 is 2.33 bits per heavy atom. The maximum absolute atomic E-state index is 12.1. The number of nitrogens with zero attached hydrogens (tertiary/aromatic N) is 1. The summed E-state index contributed by atoms with van der Waals surface area (Å²) >= 11 is 11.9. The lowest BCUT2D eigenvalue weighted by Gasteiger charge is -2.25. The molecular formula is C13H16Cl2N2O4. The van der Waals surface area contributed by atoms with Crippen LogP contribution in [0.25, 0.3) is 0 Å². The molecule has 0 bridgehead atoms. The van der Waals surface area contributed by atoms with Gasteiger partial charge in [0.15, 0.2) is 0 Å². The van der Waals surface area contributed by atoms with Crippen molar-refractivity contribution in [3.05, 3.63) is 27.7 Å². The van der Waals surface area contributed by atoms with Crippen molar-refractivity contribution in [2.45, 2.75) is 13.0 Å². The molecule has 0 aliphatic heterocycles. The number of aromatic carboxylic acids is 1. The van der Waals surface area contributed by atoms with Gasteiger partial charge in [0, 0.05) is 14.2 Å². The number of anilines is 1. The number of hydrogen-bond donors (Lipinski definition) is 2. The fourth-order valence-corrected chi connectivity index (χ4v) is 2.15. The first-order chi connectivity index (χ1) is 9.77. The maximum Gasteiger partial charge on any atom is 0.335 e. The Morgan fingerprint density at radius 1 is 1.38 bits per heavy atom. The minimum absolute atomic E-state index is 0.0518. The fourth-order valence-electron chi connectivity index (χ4n) is 1.56. The van der Waals surface area contributed by atoms with Gasteiger partial charge in [-0.2, -0.15) is 0 Å². The molecule has 0 spiro atoms.